The van der Waals surface area contributed by atoms with Crippen LogP contribution >= 0.6 is 0 Å². The molecule has 0 amide bonds. The summed E-state index contributed by atoms with van der Waals surface area (Å²) in [5.41, 5.74) is 6.94. The third-order valence-electron chi connectivity index (χ3n) is 5.60. The Labute approximate surface area is 193 Å². The van der Waals surface area contributed by atoms with Gasteiger partial charge in [-0.05, 0) is 67.4 Å². The van der Waals surface area contributed by atoms with Gasteiger partial charge in [-0.15, -0.1) is 0 Å². The van der Waals surface area contributed by atoms with Crippen LogP contribution in [0, 0.1) is 5.92 Å². The summed E-state index contributed by atoms with van der Waals surface area (Å²) >= 11 is 0. The molecule has 0 unspecified atom stereocenters. The summed E-state index contributed by atoms with van der Waals surface area (Å²) in [4.78, 5) is 11.2. The lowest BCUT2D eigenvalue weighted by molar-refractivity contribution is 0.131. The van der Waals surface area contributed by atoms with E-state index in [4.69, 9.17) is 4.99 Å². The van der Waals surface area contributed by atoms with Gasteiger partial charge < -0.3 is 4.90 Å². The lowest BCUT2D eigenvalue weighted by Crippen LogP contribution is -2.25. The van der Waals surface area contributed by atoms with Crippen LogP contribution in [0.5, 0.6) is 0 Å². The summed E-state index contributed by atoms with van der Waals surface area (Å²) in [6.07, 6.45) is 10.8. The second-order valence-corrected chi connectivity index (χ2v) is 8.36. The van der Waals surface area contributed by atoms with Gasteiger partial charge in [-0.3, -0.25) is 9.98 Å². The van der Waals surface area contributed by atoms with Gasteiger partial charge in [-0.2, -0.15) is 0 Å². The van der Waals surface area contributed by atoms with Gasteiger partial charge in [0.25, 0.3) is 0 Å². The maximum atomic E-state index is 13.5. The van der Waals surface area contributed by atoms with Crippen LogP contribution in [0.25, 0.3) is 5.57 Å². The predicted octanol–water partition coefficient (Wildman–Crippen LogP) is 6.81. The van der Waals surface area contributed by atoms with Gasteiger partial charge in [-0.25, -0.2) is 4.39 Å². The molecule has 0 radical (unpaired) electrons. The van der Waals surface area contributed by atoms with Gasteiger partial charge in [0.05, 0.1) is 0 Å². The fourth-order valence-electron chi connectivity index (χ4n) is 3.87. The van der Waals surface area contributed by atoms with E-state index in [0.29, 0.717) is 18.8 Å². The number of rotatable bonds is 10. The second-order valence-electron chi connectivity index (χ2n) is 8.36. The van der Waals surface area contributed by atoms with E-state index in [1.807, 2.05) is 69.6 Å². The van der Waals surface area contributed by atoms with Crippen LogP contribution in [-0.4, -0.2) is 44.1 Å². The smallest absolute Gasteiger partial charge is 0.101 e. The molecule has 0 aromatic heterocycles. The van der Waals surface area contributed by atoms with Crippen LogP contribution in [0.15, 0.2) is 88.7 Å². The van der Waals surface area contributed by atoms with Crippen molar-refractivity contribution in [2.45, 2.75) is 39.3 Å². The van der Waals surface area contributed by atoms with E-state index < -0.39 is 6.17 Å². The minimum Gasteiger partial charge on any atom is -0.383 e. The van der Waals surface area contributed by atoms with E-state index in [-0.39, 0.29) is 0 Å². The highest BCUT2D eigenvalue weighted by Crippen LogP contribution is 2.37. The van der Waals surface area contributed by atoms with Crippen molar-refractivity contribution >= 4 is 17.5 Å². The third kappa shape index (κ3) is 6.74. The number of alkyl halides is 1. The zero-order chi connectivity index (χ0) is 23.7. The molecule has 1 saturated carbocycles. The Morgan fingerprint density at radius 3 is 2.41 bits per heavy atom. The molecule has 2 rings (SSSR count). The number of nitrogens with zero attached hydrogens (tertiary/aromatic N) is 3. The molecule has 3 nitrogen and oxygen atoms in total. The fraction of sp³-hybridized carbons (Fsp3) is 0.357. The first-order valence-electron chi connectivity index (χ1n) is 11.1. The minimum atomic E-state index is -0.686. The minimum absolute atomic E-state index is 0.310. The van der Waals surface area contributed by atoms with Crippen LogP contribution in [-0.2, 0) is 0 Å². The molecule has 0 bridgehead atoms. The zero-order valence-corrected chi connectivity index (χ0v) is 20.1. The van der Waals surface area contributed by atoms with Gasteiger partial charge in [0, 0.05) is 50.5 Å². The molecular formula is C28H36FN3. The van der Waals surface area contributed by atoms with Crippen LogP contribution in [0.4, 0.5) is 4.39 Å². The average molecular weight is 434 g/mol. The first-order chi connectivity index (χ1) is 15.3. The summed E-state index contributed by atoms with van der Waals surface area (Å²) < 4.78 is 13.5. The molecule has 1 aromatic rings. The molecule has 0 saturated heterocycles. The molecule has 1 aliphatic carbocycles. The summed E-state index contributed by atoms with van der Waals surface area (Å²) in [5, 5.41) is 0. The standard InChI is InChI=1S/C28H36FN3/c1-8-22(18-30-5)27(10-3)28(16-21-14-26(29)15-21)31-20(4)24-12-11-13-25(17-24)23(9-2)19-32(6)7/h8-13,17-19,21,26H,2-3,14-16H2,1,4-7H3/b22-8+,23-19+,28-27+,30-18?,31-20?. The van der Waals surface area contributed by atoms with Gasteiger partial charge in [-0.1, -0.05) is 49.6 Å². The molecular weight excluding hydrogens is 397 g/mol. The lowest BCUT2D eigenvalue weighted by Gasteiger charge is -2.30. The van der Waals surface area contributed by atoms with E-state index in [0.717, 1.165) is 45.7 Å². The molecule has 0 atom stereocenters. The predicted molar refractivity (Wildman–Crippen MR) is 138 cm³/mol. The largest absolute Gasteiger partial charge is 0.383 e. The van der Waals surface area contributed by atoms with E-state index >= 15 is 0 Å². The Kier molecular flexibility index (Phi) is 9.58. The Hall–Kier alpha value is -3.01. The maximum absolute atomic E-state index is 13.5. The highest BCUT2D eigenvalue weighted by atomic mass is 19.1. The lowest BCUT2D eigenvalue weighted by atomic mass is 9.79. The van der Waals surface area contributed by atoms with E-state index in [1.54, 1.807) is 7.05 Å². The summed E-state index contributed by atoms with van der Waals surface area (Å²) in [6.45, 7) is 12.0. The Morgan fingerprint density at radius 1 is 1.19 bits per heavy atom. The SMILES string of the molecule is C=C/C(=C\N(C)C)c1cccc(C(C)=N/C(CC2CC(F)C2)=C(C=C)/C(C=NC)=C/C)c1. The van der Waals surface area contributed by atoms with Crippen LogP contribution < -0.4 is 0 Å². The topological polar surface area (TPSA) is 28.0 Å². The molecule has 1 fully saturated rings. The summed E-state index contributed by atoms with van der Waals surface area (Å²) in [7, 11) is 5.74. The van der Waals surface area contributed by atoms with E-state index in [2.05, 4.69) is 36.3 Å². The fourth-order valence-corrected chi connectivity index (χ4v) is 3.87. The van der Waals surface area contributed by atoms with Crippen molar-refractivity contribution in [3.8, 4) is 0 Å². The summed E-state index contributed by atoms with van der Waals surface area (Å²) in [5.74, 6) is 0.310. The molecule has 170 valence electrons. The molecule has 0 spiro atoms. The highest BCUT2D eigenvalue weighted by molar-refractivity contribution is 6.00. The first kappa shape index (κ1) is 25.3. The first-order valence-corrected chi connectivity index (χ1v) is 11.1. The van der Waals surface area contributed by atoms with Crippen LogP contribution in [0.2, 0.25) is 0 Å². The van der Waals surface area contributed by atoms with Gasteiger partial charge in [0.1, 0.15) is 6.17 Å². The molecule has 0 aliphatic heterocycles. The monoisotopic (exact) mass is 433 g/mol. The Bertz CT molecular complexity index is 970. The second kappa shape index (κ2) is 12.1. The van der Waals surface area contributed by atoms with E-state index in [9.17, 15) is 4.39 Å². The normalized spacial score (nSPS) is 20.6. The molecule has 32 heavy (non-hydrogen) atoms. The Morgan fingerprint density at radius 2 is 1.88 bits per heavy atom. The van der Waals surface area contributed by atoms with Crippen molar-refractivity contribution in [2.75, 3.05) is 21.1 Å². The number of allylic oxidation sites excluding steroid dienone is 7. The van der Waals surface area contributed by atoms with Crippen LogP contribution in [0.3, 0.4) is 0 Å². The van der Waals surface area contributed by atoms with Gasteiger partial charge in [0.15, 0.2) is 0 Å². The van der Waals surface area contributed by atoms with Crippen molar-refractivity contribution in [1.82, 2.24) is 4.90 Å². The van der Waals surface area contributed by atoms with Crippen molar-refractivity contribution < 1.29 is 4.39 Å². The van der Waals surface area contributed by atoms with Gasteiger partial charge in [0.2, 0.25) is 0 Å². The van der Waals surface area contributed by atoms with E-state index in [1.165, 1.54) is 0 Å². The van der Waals surface area contributed by atoms with Crippen LogP contribution in [0.1, 0.15) is 44.2 Å². The van der Waals surface area contributed by atoms with Crippen molar-refractivity contribution in [3.05, 3.63) is 89.8 Å². The van der Waals surface area contributed by atoms with Crippen molar-refractivity contribution in [1.29, 1.82) is 0 Å². The molecule has 0 heterocycles. The van der Waals surface area contributed by atoms with Crippen molar-refractivity contribution in [3.63, 3.8) is 0 Å². The van der Waals surface area contributed by atoms with Crippen molar-refractivity contribution in [2.24, 2.45) is 15.9 Å². The number of benzene rings is 1. The molecule has 1 aliphatic rings. The highest BCUT2D eigenvalue weighted by Gasteiger charge is 2.30. The molecule has 0 N–H and O–H groups in total. The maximum Gasteiger partial charge on any atom is 0.101 e. The summed E-state index contributed by atoms with van der Waals surface area (Å²) in [6, 6.07) is 8.31. The average Bonchev–Trinajstić information content (AvgIpc) is 2.75. The number of hydrogen-bond donors (Lipinski definition) is 0. The number of aliphatic imine (C=N–C) groups is 2. The number of halogens is 1. The quantitative estimate of drug-likeness (QED) is 0.294. The Balaban J connectivity index is 2.52. The number of hydrogen-bond acceptors (Lipinski definition) is 3. The molecule has 4 heteroatoms. The zero-order valence-electron chi connectivity index (χ0n) is 20.1. The molecule has 1 aromatic carbocycles. The van der Waals surface area contributed by atoms with Gasteiger partial charge >= 0.3 is 0 Å². The third-order valence-corrected chi connectivity index (χ3v) is 5.60.